The van der Waals surface area contributed by atoms with Crippen molar-refractivity contribution in [2.24, 2.45) is 23.0 Å². The molecule has 1 aliphatic heterocycles. The Morgan fingerprint density at radius 1 is 0.833 bits per heavy atom. The quantitative estimate of drug-likeness (QED) is 0.0240. The van der Waals surface area contributed by atoms with Crippen molar-refractivity contribution in [3.8, 4) is 11.6 Å². The van der Waals surface area contributed by atoms with Crippen LogP contribution in [0.2, 0.25) is 0 Å². The van der Waals surface area contributed by atoms with Gasteiger partial charge in [0.15, 0.2) is 6.54 Å². The van der Waals surface area contributed by atoms with Crippen molar-refractivity contribution in [2.45, 2.75) is 187 Å². The van der Waals surface area contributed by atoms with Crippen LogP contribution in [0.25, 0.3) is 0 Å². The highest BCUT2D eigenvalue weighted by atomic mass is 16.5. The number of likely N-dealkylation sites (N-methyl/N-ethyl adjacent to an activating group) is 1. The first kappa shape index (κ1) is 67.0. The lowest BCUT2D eigenvalue weighted by Gasteiger charge is -2.36. The molecule has 1 saturated carbocycles. The number of piperidine rings is 1. The predicted molar refractivity (Wildman–Crippen MR) is 334 cm³/mol. The van der Waals surface area contributed by atoms with Gasteiger partial charge in [-0.3, -0.25) is 28.8 Å². The monoisotopic (exact) mass is 1160 g/mol. The van der Waals surface area contributed by atoms with E-state index in [0.29, 0.717) is 91.6 Å². The van der Waals surface area contributed by atoms with Crippen LogP contribution in [0.4, 0.5) is 11.5 Å². The van der Waals surface area contributed by atoms with Gasteiger partial charge in [-0.25, -0.2) is 9.97 Å². The summed E-state index contributed by atoms with van der Waals surface area (Å²) in [5.74, 6) is 1.81. The molecule has 0 radical (unpaired) electrons. The van der Waals surface area contributed by atoms with E-state index in [-0.39, 0.29) is 35.5 Å². The molecule has 4 heterocycles. The molecule has 18 nitrogen and oxygen atoms in total. The van der Waals surface area contributed by atoms with Crippen LogP contribution in [0.5, 0.6) is 11.6 Å². The summed E-state index contributed by atoms with van der Waals surface area (Å²) in [6, 6.07) is 15.4. The summed E-state index contributed by atoms with van der Waals surface area (Å²) < 4.78 is 14.5. The standard InChI is InChI=1S/C66H103N11O7/c1-51-24-22-26-60(71-51)76(65(82)57-31-30-56(83-6)45-59(57)74-40-33-52(34-41-74)49-84-63-44-54(32-38-70-63)58(46-64(80)81)53-28-29-53)50-66(2,3)35-42-75-47-55(72-73-75)25-20-18-16-14-12-10-8-7-9-11-13-15-17-19-21-27-61(78)68-37-23-43-77(4,5)48-62(79)69-39-36-67/h22,24,26,30-32,38,44-45,47,52-53,58H,7-21,23,25,27-29,33-37,39-43,46,48-50,67H2,1-6H3,(H2-,68,69,78,79,80,81)/p+1/t58-/m0/s1. The van der Waals surface area contributed by atoms with Crippen molar-refractivity contribution in [1.82, 2.24) is 35.6 Å². The molecule has 18 heteroatoms. The number of nitrogens with one attached hydrogen (secondary N) is 2. The number of amides is 3. The first-order chi connectivity index (χ1) is 40.5. The summed E-state index contributed by atoms with van der Waals surface area (Å²) in [6.07, 6.45) is 29.5. The second kappa shape index (κ2) is 35.3. The lowest BCUT2D eigenvalue weighted by atomic mass is 9.88. The van der Waals surface area contributed by atoms with Crippen LogP contribution in [0.1, 0.15) is 195 Å². The molecular weight excluding hydrogens is 1060 g/mol. The maximum absolute atomic E-state index is 15.1. The molecule has 1 aromatic carbocycles. The molecule has 4 aromatic rings. The molecule has 3 amide bonds. The Hall–Kier alpha value is -6.14. The van der Waals surface area contributed by atoms with Crippen molar-refractivity contribution in [3.05, 3.63) is 83.4 Å². The third-order valence-electron chi connectivity index (χ3n) is 16.9. The number of carboxylic acid groups (broad SMARTS) is 1. The summed E-state index contributed by atoms with van der Waals surface area (Å²) in [5, 5.41) is 24.5. The van der Waals surface area contributed by atoms with Crippen molar-refractivity contribution in [2.75, 3.05) is 90.0 Å². The molecular formula is C66H104N11O7+. The topological polar surface area (TPSA) is 220 Å². The second-order valence-electron chi connectivity index (χ2n) is 25.5. The van der Waals surface area contributed by atoms with Gasteiger partial charge in [-0.2, -0.15) is 0 Å². The van der Waals surface area contributed by atoms with Gasteiger partial charge in [0.05, 0.1) is 57.7 Å². The number of pyridine rings is 2. The van der Waals surface area contributed by atoms with Crippen LogP contribution in [0, 0.1) is 24.2 Å². The minimum Gasteiger partial charge on any atom is -0.497 e. The number of carboxylic acids is 1. The van der Waals surface area contributed by atoms with Gasteiger partial charge >= 0.3 is 5.97 Å². The molecule has 5 N–H and O–H groups in total. The van der Waals surface area contributed by atoms with Crippen LogP contribution >= 0.6 is 0 Å². The zero-order valence-electron chi connectivity index (χ0n) is 52.1. The van der Waals surface area contributed by atoms with E-state index in [1.54, 1.807) is 13.3 Å². The number of nitrogens with zero attached hydrogens (tertiary/aromatic N) is 8. The third kappa shape index (κ3) is 24.5. The highest BCUT2D eigenvalue weighted by Gasteiger charge is 2.35. The van der Waals surface area contributed by atoms with E-state index in [1.165, 1.54) is 77.0 Å². The average Bonchev–Trinajstić information content (AvgIpc) is 3.37. The Balaban J connectivity index is 0.838. The van der Waals surface area contributed by atoms with Gasteiger partial charge in [0, 0.05) is 88.9 Å². The highest BCUT2D eigenvalue weighted by molar-refractivity contribution is 6.09. The Kier molecular flexibility index (Phi) is 28.2. The maximum atomic E-state index is 15.1. The van der Waals surface area contributed by atoms with Gasteiger partial charge in [-0.15, -0.1) is 5.10 Å². The molecule has 464 valence electrons. The molecule has 1 atom stereocenters. The Bertz CT molecular complexity index is 2610. The van der Waals surface area contributed by atoms with Crippen molar-refractivity contribution >= 4 is 35.2 Å². The number of carbonyl (C=O) groups excluding carboxylic acids is 3. The summed E-state index contributed by atoms with van der Waals surface area (Å²) in [7, 11) is 5.73. The minimum absolute atomic E-state index is 0.0128. The number of carbonyl (C=O) groups is 4. The molecule has 2 fully saturated rings. The number of quaternary nitrogens is 1. The smallest absolute Gasteiger partial charge is 0.303 e. The first-order valence-corrected chi connectivity index (χ1v) is 31.9. The fraction of sp³-hybridized carbons (Fsp3) is 0.667. The van der Waals surface area contributed by atoms with Gasteiger partial charge in [0.25, 0.3) is 11.8 Å². The Labute approximate surface area is 502 Å². The molecule has 0 spiro atoms. The van der Waals surface area contributed by atoms with E-state index >= 15 is 4.79 Å². The molecule has 3 aromatic heterocycles. The first-order valence-electron chi connectivity index (χ1n) is 31.9. The van der Waals surface area contributed by atoms with Crippen molar-refractivity contribution < 1.29 is 38.2 Å². The van der Waals surface area contributed by atoms with E-state index in [4.69, 9.17) is 20.2 Å². The van der Waals surface area contributed by atoms with Crippen LogP contribution in [-0.2, 0) is 27.3 Å². The van der Waals surface area contributed by atoms with E-state index in [2.05, 4.69) is 50.9 Å². The molecule has 2 aliphatic rings. The van der Waals surface area contributed by atoms with Gasteiger partial charge in [0.1, 0.15) is 11.6 Å². The Morgan fingerprint density at radius 2 is 1.50 bits per heavy atom. The number of nitrogens with two attached hydrogens (primary N) is 1. The summed E-state index contributed by atoms with van der Waals surface area (Å²) >= 11 is 0. The van der Waals surface area contributed by atoms with Crippen LogP contribution in [0.3, 0.4) is 0 Å². The van der Waals surface area contributed by atoms with Gasteiger partial charge < -0.3 is 40.3 Å². The molecule has 0 unspecified atom stereocenters. The fourth-order valence-corrected chi connectivity index (χ4v) is 11.6. The number of ether oxygens (including phenoxy) is 2. The van der Waals surface area contributed by atoms with E-state index in [0.717, 1.165) is 106 Å². The largest absolute Gasteiger partial charge is 0.497 e. The number of aryl methyl sites for hydroxylation is 3. The van der Waals surface area contributed by atoms with E-state index < -0.39 is 5.97 Å². The Morgan fingerprint density at radius 3 is 2.14 bits per heavy atom. The zero-order valence-corrected chi connectivity index (χ0v) is 52.1. The normalized spacial score (nSPS) is 14.3. The predicted octanol–water partition coefficient (Wildman–Crippen LogP) is 10.9. The lowest BCUT2D eigenvalue weighted by Crippen LogP contribution is -2.49. The second-order valence-corrected chi connectivity index (χ2v) is 25.5. The average molecular weight is 1160 g/mol. The number of rotatable bonds is 42. The number of methoxy groups -OCH3 is 1. The molecule has 6 rings (SSSR count). The summed E-state index contributed by atoms with van der Waals surface area (Å²) in [6.45, 7) is 12.3. The number of anilines is 2. The number of unbranched alkanes of at least 4 members (excludes halogenated alkanes) is 14. The SMILES string of the molecule is COc1ccc(C(=O)N(CC(C)(C)CCn2cc(CCCCCCCCCCCCCCCCCC(=O)NCCC[N+](C)(C)CC(=O)NCCN)nn2)c2cccc(C)n2)c(N2CCC(COc3cc([C@@H](CC(=O)O)C4CC4)ccn3)CC2)c1. The zero-order chi connectivity index (χ0) is 60.2. The molecule has 1 aliphatic carbocycles. The van der Waals surface area contributed by atoms with Gasteiger partial charge in [-0.1, -0.05) is 109 Å². The number of aliphatic carboxylic acids is 1. The van der Waals surface area contributed by atoms with Crippen molar-refractivity contribution in [1.29, 1.82) is 0 Å². The summed E-state index contributed by atoms with van der Waals surface area (Å²) in [5.41, 5.74) is 9.48. The number of hydrogen-bond donors (Lipinski definition) is 4. The lowest BCUT2D eigenvalue weighted by molar-refractivity contribution is -0.882. The number of aromatic nitrogens is 5. The van der Waals surface area contributed by atoms with Crippen LogP contribution in [-0.4, -0.2) is 138 Å². The minimum atomic E-state index is -0.779. The van der Waals surface area contributed by atoms with E-state index in [9.17, 15) is 19.5 Å². The highest BCUT2D eigenvalue weighted by Crippen LogP contribution is 2.45. The molecule has 84 heavy (non-hydrogen) atoms. The van der Waals surface area contributed by atoms with Crippen molar-refractivity contribution in [3.63, 3.8) is 0 Å². The van der Waals surface area contributed by atoms with Gasteiger partial charge in [0.2, 0.25) is 11.8 Å². The number of hydrogen-bond acceptors (Lipinski definition) is 12. The maximum Gasteiger partial charge on any atom is 0.303 e. The molecule has 0 bridgehead atoms. The van der Waals surface area contributed by atoms with Crippen LogP contribution < -0.4 is 35.6 Å². The molecule has 1 saturated heterocycles. The number of benzene rings is 1. The van der Waals surface area contributed by atoms with Crippen LogP contribution in [0.15, 0.2) is 60.9 Å². The fourth-order valence-electron chi connectivity index (χ4n) is 11.6. The van der Waals surface area contributed by atoms with E-state index in [1.807, 2.05) is 79.1 Å². The summed E-state index contributed by atoms with van der Waals surface area (Å²) in [4.78, 5) is 64.4. The third-order valence-corrected chi connectivity index (χ3v) is 16.9. The van der Waals surface area contributed by atoms with Gasteiger partial charge in [-0.05, 0) is 117 Å².